The quantitative estimate of drug-likeness (QED) is 0.559. The van der Waals surface area contributed by atoms with Gasteiger partial charge in [0.05, 0.1) is 15.5 Å². The number of hydrogen-bond acceptors (Lipinski definition) is 7. The summed E-state index contributed by atoms with van der Waals surface area (Å²) < 4.78 is 48.6. The van der Waals surface area contributed by atoms with Gasteiger partial charge in [-0.1, -0.05) is 24.3 Å². The van der Waals surface area contributed by atoms with Gasteiger partial charge in [0.1, 0.15) is 4.21 Å². The van der Waals surface area contributed by atoms with Crippen LogP contribution in [0.2, 0.25) is 0 Å². The van der Waals surface area contributed by atoms with Crippen molar-refractivity contribution in [3.8, 4) is 0 Å². The van der Waals surface area contributed by atoms with Gasteiger partial charge < -0.3 is 5.32 Å². The van der Waals surface area contributed by atoms with Crippen LogP contribution in [0.4, 0.5) is 0 Å². The Labute approximate surface area is 174 Å². The number of thiophene rings is 1. The Morgan fingerprint density at radius 3 is 2.36 bits per heavy atom. The van der Waals surface area contributed by atoms with Crippen LogP contribution in [0.5, 0.6) is 0 Å². The number of nitrogens with zero attached hydrogens (tertiary/aromatic N) is 1. The average Bonchev–Trinajstić information content (AvgIpc) is 3.14. The Morgan fingerprint density at radius 2 is 1.71 bits per heavy atom. The Bertz CT molecular complexity index is 1150. The van der Waals surface area contributed by atoms with Crippen molar-refractivity contribution in [3.63, 3.8) is 0 Å². The normalized spacial score (nSPS) is 11.8. The standard InChI is InChI=1S/C17H17N3O4S3.ClH/c18-27(23,24)17-9-15(12-25-17)26(21,22)16-7-2-1-5-13(16)10-19-11-14-6-3-4-8-20-14;/h1-9,12,19H,10-11H2,(H2,18,23,24);1H. The number of aromatic nitrogens is 1. The van der Waals surface area contributed by atoms with E-state index in [1.165, 1.54) is 11.4 Å². The van der Waals surface area contributed by atoms with E-state index in [9.17, 15) is 16.8 Å². The first-order valence-corrected chi connectivity index (χ1v) is 11.7. The molecule has 0 spiro atoms. The maximum absolute atomic E-state index is 13.0. The van der Waals surface area contributed by atoms with Crippen molar-refractivity contribution in [2.75, 3.05) is 0 Å². The van der Waals surface area contributed by atoms with Crippen molar-refractivity contribution in [3.05, 3.63) is 71.4 Å². The number of hydrogen-bond donors (Lipinski definition) is 2. The summed E-state index contributed by atoms with van der Waals surface area (Å²) in [7, 11) is -7.81. The SMILES string of the molecule is Cl.NS(=O)(=O)c1cc(S(=O)(=O)c2ccccc2CNCc2ccccn2)cs1. The summed E-state index contributed by atoms with van der Waals surface area (Å²) in [4.78, 5) is 4.24. The van der Waals surface area contributed by atoms with Crippen molar-refractivity contribution >= 4 is 43.6 Å². The highest BCUT2D eigenvalue weighted by atomic mass is 35.5. The number of sulfone groups is 1. The monoisotopic (exact) mass is 459 g/mol. The molecule has 0 aliphatic heterocycles. The summed E-state index contributed by atoms with van der Waals surface area (Å²) in [6, 6.07) is 13.3. The number of nitrogens with two attached hydrogens (primary N) is 1. The van der Waals surface area contributed by atoms with Gasteiger partial charge in [-0.2, -0.15) is 0 Å². The third-order valence-electron chi connectivity index (χ3n) is 3.75. The van der Waals surface area contributed by atoms with Crippen molar-refractivity contribution in [2.45, 2.75) is 27.1 Å². The lowest BCUT2D eigenvalue weighted by molar-refractivity contribution is 0.592. The minimum atomic E-state index is -3.94. The smallest absolute Gasteiger partial charge is 0.247 e. The zero-order chi connectivity index (χ0) is 19.5. The number of rotatable bonds is 7. The van der Waals surface area contributed by atoms with Crippen LogP contribution in [0.1, 0.15) is 11.3 Å². The molecule has 3 aromatic rings. The molecule has 0 aliphatic rings. The first-order valence-electron chi connectivity index (χ1n) is 7.83. The van der Waals surface area contributed by atoms with Crippen LogP contribution in [0.25, 0.3) is 0 Å². The van der Waals surface area contributed by atoms with Crippen LogP contribution in [-0.4, -0.2) is 21.8 Å². The second-order valence-corrected chi connectivity index (χ2v) is 10.3. The maximum Gasteiger partial charge on any atom is 0.247 e. The van der Waals surface area contributed by atoms with Gasteiger partial charge in [-0.05, 0) is 29.8 Å². The number of primary sulfonamides is 1. The fraction of sp³-hybridized carbons (Fsp3) is 0.118. The van der Waals surface area contributed by atoms with Gasteiger partial charge in [0.2, 0.25) is 19.9 Å². The van der Waals surface area contributed by atoms with Crippen molar-refractivity contribution < 1.29 is 16.8 Å². The second kappa shape index (κ2) is 9.12. The van der Waals surface area contributed by atoms with Crippen LogP contribution in [0.15, 0.2) is 74.1 Å². The van der Waals surface area contributed by atoms with E-state index in [1.54, 1.807) is 24.4 Å². The summed E-state index contributed by atoms with van der Waals surface area (Å²) in [6.07, 6.45) is 1.69. The predicted molar refractivity (Wildman–Crippen MR) is 110 cm³/mol. The summed E-state index contributed by atoms with van der Waals surface area (Å²) >= 11 is 0.783. The van der Waals surface area contributed by atoms with Crippen molar-refractivity contribution in [1.82, 2.24) is 10.3 Å². The van der Waals surface area contributed by atoms with Crippen LogP contribution >= 0.6 is 23.7 Å². The molecule has 11 heteroatoms. The minimum Gasteiger partial charge on any atom is -0.307 e. The highest BCUT2D eigenvalue weighted by Crippen LogP contribution is 2.29. The zero-order valence-electron chi connectivity index (χ0n) is 14.5. The highest BCUT2D eigenvalue weighted by Gasteiger charge is 2.24. The molecule has 0 amide bonds. The highest BCUT2D eigenvalue weighted by molar-refractivity contribution is 7.92. The van der Waals surface area contributed by atoms with Gasteiger partial charge in [0.15, 0.2) is 0 Å². The molecule has 3 N–H and O–H groups in total. The molecule has 0 radical (unpaired) electrons. The molecule has 28 heavy (non-hydrogen) atoms. The molecule has 0 bridgehead atoms. The second-order valence-electron chi connectivity index (χ2n) is 5.68. The topological polar surface area (TPSA) is 119 Å². The van der Waals surface area contributed by atoms with Gasteiger partial charge in [0, 0.05) is 24.7 Å². The van der Waals surface area contributed by atoms with Crippen LogP contribution < -0.4 is 10.5 Å². The van der Waals surface area contributed by atoms with Crippen molar-refractivity contribution in [2.24, 2.45) is 5.14 Å². The predicted octanol–water partition coefficient (Wildman–Crippen LogP) is 2.33. The third kappa shape index (κ3) is 5.16. The molecule has 7 nitrogen and oxygen atoms in total. The lowest BCUT2D eigenvalue weighted by atomic mass is 10.2. The lowest BCUT2D eigenvalue weighted by Gasteiger charge is -2.10. The molecule has 150 valence electrons. The van der Waals surface area contributed by atoms with Crippen LogP contribution in [0, 0.1) is 0 Å². The van der Waals surface area contributed by atoms with Gasteiger partial charge >= 0.3 is 0 Å². The molecule has 0 aliphatic carbocycles. The van der Waals surface area contributed by atoms with Gasteiger partial charge in [-0.15, -0.1) is 23.7 Å². The van der Waals surface area contributed by atoms with E-state index in [1.807, 2.05) is 18.2 Å². The molecule has 0 saturated heterocycles. The van der Waals surface area contributed by atoms with Crippen LogP contribution in [-0.2, 0) is 33.0 Å². The van der Waals surface area contributed by atoms with E-state index in [0.717, 1.165) is 23.1 Å². The van der Waals surface area contributed by atoms with E-state index in [0.29, 0.717) is 18.7 Å². The molecule has 0 unspecified atom stereocenters. The third-order valence-corrected chi connectivity index (χ3v) is 8.12. The van der Waals surface area contributed by atoms with Crippen molar-refractivity contribution in [1.29, 1.82) is 0 Å². The minimum absolute atomic E-state index is 0. The Hall–Kier alpha value is -1.82. The molecule has 0 atom stereocenters. The number of sulfonamides is 1. The molecule has 3 rings (SSSR count). The molecule has 0 fully saturated rings. The van der Waals surface area contributed by atoms with Crippen LogP contribution in [0.3, 0.4) is 0 Å². The zero-order valence-corrected chi connectivity index (χ0v) is 17.7. The van der Waals surface area contributed by atoms with E-state index in [4.69, 9.17) is 5.14 Å². The number of benzene rings is 1. The van der Waals surface area contributed by atoms with E-state index in [2.05, 4.69) is 10.3 Å². The number of nitrogens with one attached hydrogen (secondary N) is 1. The van der Waals surface area contributed by atoms with E-state index < -0.39 is 19.9 Å². The fourth-order valence-electron chi connectivity index (χ4n) is 2.46. The molecular formula is C17H18ClN3O4S3. The molecule has 2 aromatic heterocycles. The summed E-state index contributed by atoms with van der Waals surface area (Å²) in [5.41, 5.74) is 1.42. The van der Waals surface area contributed by atoms with E-state index in [-0.39, 0.29) is 26.4 Å². The Balaban J connectivity index is 0.00000280. The fourth-order valence-corrected chi connectivity index (χ4v) is 6.00. The molecule has 2 heterocycles. The average molecular weight is 460 g/mol. The van der Waals surface area contributed by atoms with Gasteiger partial charge in [-0.25, -0.2) is 22.0 Å². The summed E-state index contributed by atoms with van der Waals surface area (Å²) in [6.45, 7) is 0.807. The Morgan fingerprint density at radius 1 is 1.00 bits per heavy atom. The lowest BCUT2D eigenvalue weighted by Crippen LogP contribution is -2.16. The first kappa shape index (κ1) is 22.5. The largest absolute Gasteiger partial charge is 0.307 e. The maximum atomic E-state index is 13.0. The number of halogens is 1. The first-order chi connectivity index (χ1) is 12.8. The molecule has 1 aromatic carbocycles. The summed E-state index contributed by atoms with van der Waals surface area (Å²) in [5.74, 6) is 0. The summed E-state index contributed by atoms with van der Waals surface area (Å²) in [5, 5.41) is 9.53. The molecule has 0 saturated carbocycles. The van der Waals surface area contributed by atoms with E-state index >= 15 is 0 Å². The van der Waals surface area contributed by atoms with Gasteiger partial charge in [0.25, 0.3) is 0 Å². The Kier molecular flexibility index (Phi) is 7.32. The number of pyridine rings is 1. The van der Waals surface area contributed by atoms with Gasteiger partial charge in [-0.3, -0.25) is 4.98 Å². The molecular weight excluding hydrogens is 442 g/mol.